The predicted molar refractivity (Wildman–Crippen MR) is 75.7 cm³/mol. The molecular formula is C14H9BrFN3O. The van der Waals surface area contributed by atoms with Crippen molar-refractivity contribution < 1.29 is 9.18 Å². The third-order valence-corrected chi connectivity index (χ3v) is 3.15. The molecule has 0 unspecified atom stereocenters. The zero-order valence-corrected chi connectivity index (χ0v) is 12.0. The fourth-order valence-corrected chi connectivity index (χ4v) is 1.80. The molecule has 2 rings (SSSR count). The normalized spacial score (nSPS) is 9.90. The zero-order valence-electron chi connectivity index (χ0n) is 10.4. The van der Waals surface area contributed by atoms with Gasteiger partial charge in [0.05, 0.1) is 11.6 Å². The maximum absolute atomic E-state index is 13.6. The third kappa shape index (κ3) is 3.00. The second-order valence-electron chi connectivity index (χ2n) is 4.06. The number of aromatic nitrogens is 1. The van der Waals surface area contributed by atoms with Crippen molar-refractivity contribution in [3.05, 3.63) is 57.6 Å². The van der Waals surface area contributed by atoms with Gasteiger partial charge in [0, 0.05) is 21.9 Å². The van der Waals surface area contributed by atoms with Crippen molar-refractivity contribution in [2.75, 3.05) is 5.32 Å². The number of pyridine rings is 1. The minimum Gasteiger partial charge on any atom is -0.320 e. The van der Waals surface area contributed by atoms with E-state index in [2.05, 4.69) is 26.2 Å². The van der Waals surface area contributed by atoms with Crippen LogP contribution in [0.25, 0.3) is 0 Å². The number of hydrogen-bond donors (Lipinski definition) is 1. The van der Waals surface area contributed by atoms with Crippen molar-refractivity contribution >= 4 is 27.5 Å². The molecule has 0 aliphatic heterocycles. The zero-order chi connectivity index (χ0) is 14.7. The highest BCUT2D eigenvalue weighted by molar-refractivity contribution is 9.10. The highest BCUT2D eigenvalue weighted by atomic mass is 79.9. The third-order valence-electron chi connectivity index (χ3n) is 2.68. The summed E-state index contributed by atoms with van der Waals surface area (Å²) in [4.78, 5) is 15.9. The van der Waals surface area contributed by atoms with Gasteiger partial charge in [-0.25, -0.2) is 9.37 Å². The van der Waals surface area contributed by atoms with E-state index in [0.29, 0.717) is 0 Å². The van der Waals surface area contributed by atoms with Crippen LogP contribution in [0, 0.1) is 24.1 Å². The SMILES string of the molecule is Cc1c(F)cc(C#N)cc1NC(=O)c1ccc(Br)cn1. The van der Waals surface area contributed by atoms with E-state index in [1.54, 1.807) is 12.1 Å². The Balaban J connectivity index is 2.30. The molecule has 0 fully saturated rings. The number of hydrogen-bond acceptors (Lipinski definition) is 3. The lowest BCUT2D eigenvalue weighted by Gasteiger charge is -2.09. The smallest absolute Gasteiger partial charge is 0.274 e. The first-order valence-electron chi connectivity index (χ1n) is 5.64. The number of anilines is 1. The van der Waals surface area contributed by atoms with Crippen LogP contribution in [0.3, 0.4) is 0 Å². The number of amides is 1. The summed E-state index contributed by atoms with van der Waals surface area (Å²) in [6.07, 6.45) is 1.49. The maximum atomic E-state index is 13.6. The lowest BCUT2D eigenvalue weighted by atomic mass is 10.1. The van der Waals surface area contributed by atoms with Gasteiger partial charge in [0.15, 0.2) is 0 Å². The molecule has 20 heavy (non-hydrogen) atoms. The Morgan fingerprint density at radius 1 is 1.45 bits per heavy atom. The molecule has 6 heteroatoms. The molecule has 0 atom stereocenters. The van der Waals surface area contributed by atoms with Gasteiger partial charge in [-0.1, -0.05) is 0 Å². The molecule has 1 heterocycles. The van der Waals surface area contributed by atoms with Gasteiger partial charge in [0.1, 0.15) is 11.5 Å². The van der Waals surface area contributed by atoms with E-state index in [0.717, 1.165) is 10.5 Å². The van der Waals surface area contributed by atoms with E-state index in [1.807, 2.05) is 6.07 Å². The minimum atomic E-state index is -0.539. The average molecular weight is 334 g/mol. The Morgan fingerprint density at radius 3 is 2.80 bits per heavy atom. The number of carbonyl (C=O) groups is 1. The van der Waals surface area contributed by atoms with Crippen molar-refractivity contribution in [2.45, 2.75) is 6.92 Å². The molecule has 4 nitrogen and oxygen atoms in total. The molecule has 1 aromatic carbocycles. The van der Waals surface area contributed by atoms with Crippen LogP contribution in [0.5, 0.6) is 0 Å². The van der Waals surface area contributed by atoms with Crippen molar-refractivity contribution in [3.63, 3.8) is 0 Å². The van der Waals surface area contributed by atoms with Gasteiger partial charge < -0.3 is 5.32 Å². The van der Waals surface area contributed by atoms with Gasteiger partial charge in [-0.15, -0.1) is 0 Å². The fraction of sp³-hybridized carbons (Fsp3) is 0.0714. The number of halogens is 2. The first kappa shape index (κ1) is 14.2. The molecule has 0 aliphatic rings. The monoisotopic (exact) mass is 333 g/mol. The molecule has 0 saturated carbocycles. The largest absolute Gasteiger partial charge is 0.320 e. The van der Waals surface area contributed by atoms with Crippen LogP contribution >= 0.6 is 15.9 Å². The Morgan fingerprint density at radius 2 is 2.20 bits per heavy atom. The molecule has 0 radical (unpaired) electrons. The highest BCUT2D eigenvalue weighted by Crippen LogP contribution is 2.21. The minimum absolute atomic E-state index is 0.146. The molecular weight excluding hydrogens is 325 g/mol. The summed E-state index contributed by atoms with van der Waals surface area (Å²) < 4.78 is 14.4. The van der Waals surface area contributed by atoms with Crippen LogP contribution in [0.15, 0.2) is 34.9 Å². The summed E-state index contributed by atoms with van der Waals surface area (Å²) in [7, 11) is 0. The van der Waals surface area contributed by atoms with E-state index in [-0.39, 0.29) is 22.5 Å². The van der Waals surface area contributed by atoms with Gasteiger partial charge in [-0.2, -0.15) is 5.26 Å². The van der Waals surface area contributed by atoms with Crippen LogP contribution in [-0.4, -0.2) is 10.9 Å². The quantitative estimate of drug-likeness (QED) is 0.915. The number of benzene rings is 1. The van der Waals surface area contributed by atoms with Gasteiger partial charge in [0.2, 0.25) is 0 Å². The average Bonchev–Trinajstić information content (AvgIpc) is 2.44. The van der Waals surface area contributed by atoms with Gasteiger partial charge in [0.25, 0.3) is 5.91 Å². The number of nitrogens with zero attached hydrogens (tertiary/aromatic N) is 2. The van der Waals surface area contributed by atoms with E-state index in [9.17, 15) is 9.18 Å². The fourth-order valence-electron chi connectivity index (χ4n) is 1.57. The summed E-state index contributed by atoms with van der Waals surface area (Å²) in [5, 5.41) is 11.4. The number of rotatable bonds is 2. The lowest BCUT2D eigenvalue weighted by molar-refractivity contribution is 0.102. The van der Waals surface area contributed by atoms with Crippen molar-refractivity contribution in [2.24, 2.45) is 0 Å². The lowest BCUT2D eigenvalue weighted by Crippen LogP contribution is -2.14. The summed E-state index contributed by atoms with van der Waals surface area (Å²) in [5.41, 5.74) is 0.883. The Hall–Kier alpha value is -2.26. The number of nitrogens with one attached hydrogen (secondary N) is 1. The predicted octanol–water partition coefficient (Wildman–Crippen LogP) is 3.42. The van der Waals surface area contributed by atoms with E-state index in [1.165, 1.54) is 19.2 Å². The van der Waals surface area contributed by atoms with E-state index >= 15 is 0 Å². The molecule has 2 aromatic rings. The first-order chi connectivity index (χ1) is 9.51. The highest BCUT2D eigenvalue weighted by Gasteiger charge is 2.12. The number of nitriles is 1. The van der Waals surface area contributed by atoms with Gasteiger partial charge in [-0.3, -0.25) is 4.79 Å². The molecule has 0 bridgehead atoms. The summed E-state index contributed by atoms with van der Waals surface area (Å²) in [6, 6.07) is 7.62. The van der Waals surface area contributed by atoms with Crippen molar-refractivity contribution in [1.82, 2.24) is 4.98 Å². The molecule has 1 aromatic heterocycles. The molecule has 100 valence electrons. The number of carbonyl (C=O) groups excluding carboxylic acids is 1. The van der Waals surface area contributed by atoms with Crippen molar-refractivity contribution in [1.29, 1.82) is 5.26 Å². The molecule has 1 amide bonds. The Labute approximate surface area is 123 Å². The Bertz CT molecular complexity index is 708. The van der Waals surface area contributed by atoms with Crippen LogP contribution in [0.4, 0.5) is 10.1 Å². The van der Waals surface area contributed by atoms with E-state index < -0.39 is 11.7 Å². The molecule has 0 saturated heterocycles. The van der Waals surface area contributed by atoms with Crippen LogP contribution < -0.4 is 5.32 Å². The van der Waals surface area contributed by atoms with Crippen LogP contribution in [0.2, 0.25) is 0 Å². The maximum Gasteiger partial charge on any atom is 0.274 e. The topological polar surface area (TPSA) is 65.8 Å². The van der Waals surface area contributed by atoms with E-state index in [4.69, 9.17) is 5.26 Å². The van der Waals surface area contributed by atoms with Crippen molar-refractivity contribution in [3.8, 4) is 6.07 Å². The second-order valence-corrected chi connectivity index (χ2v) is 4.97. The molecule has 0 aliphatic carbocycles. The van der Waals surface area contributed by atoms with Gasteiger partial charge in [-0.05, 0) is 47.1 Å². The summed E-state index contributed by atoms with van der Waals surface area (Å²) >= 11 is 3.22. The molecule has 1 N–H and O–H groups in total. The second kappa shape index (κ2) is 5.80. The summed E-state index contributed by atoms with van der Waals surface area (Å²) in [5.74, 6) is -1.00. The van der Waals surface area contributed by atoms with Gasteiger partial charge >= 0.3 is 0 Å². The van der Waals surface area contributed by atoms with Crippen LogP contribution in [-0.2, 0) is 0 Å². The standard InChI is InChI=1S/C14H9BrFN3O/c1-8-11(16)4-9(6-17)5-13(8)19-14(20)12-3-2-10(15)7-18-12/h2-5,7H,1H3,(H,19,20). The first-order valence-corrected chi connectivity index (χ1v) is 6.43. The van der Waals surface area contributed by atoms with Crippen LogP contribution in [0.1, 0.15) is 21.6 Å². The molecule has 0 spiro atoms. The Kier molecular flexibility index (Phi) is 4.11. The summed E-state index contributed by atoms with van der Waals surface area (Å²) in [6.45, 7) is 1.53.